The quantitative estimate of drug-likeness (QED) is 0.517. The third kappa shape index (κ3) is 3.20. The molecule has 0 amide bonds. The van der Waals surface area contributed by atoms with Gasteiger partial charge in [-0.15, -0.1) is 0 Å². The van der Waals surface area contributed by atoms with Crippen LogP contribution in [-0.4, -0.2) is 30.2 Å². The largest absolute Gasteiger partial charge is 0.342 e. The monoisotopic (exact) mass is 295 g/mol. The molecule has 1 aromatic carbocycles. The van der Waals surface area contributed by atoms with Gasteiger partial charge in [-0.05, 0) is 12.1 Å². The summed E-state index contributed by atoms with van der Waals surface area (Å²) in [5.41, 5.74) is 4.06. The van der Waals surface area contributed by atoms with E-state index in [4.69, 9.17) is 0 Å². The summed E-state index contributed by atoms with van der Waals surface area (Å²) < 4.78 is 5.41. The highest BCUT2D eigenvalue weighted by atomic mass is 15.3. The van der Waals surface area contributed by atoms with Gasteiger partial charge < -0.3 is 9.05 Å². The van der Waals surface area contributed by atoms with Crippen LogP contribution in [0, 0.1) is 0 Å². The van der Waals surface area contributed by atoms with Crippen molar-refractivity contribution in [3.63, 3.8) is 0 Å². The zero-order chi connectivity index (χ0) is 15.7. The van der Waals surface area contributed by atoms with Crippen molar-refractivity contribution in [3.05, 3.63) is 66.1 Å². The molecule has 114 valence electrons. The Morgan fingerprint density at radius 3 is 2.55 bits per heavy atom. The molecule has 0 aliphatic carbocycles. The number of para-hydroxylation sites is 1. The van der Waals surface area contributed by atoms with E-state index in [0.717, 1.165) is 17.6 Å². The van der Waals surface area contributed by atoms with Crippen molar-refractivity contribution in [2.24, 2.45) is 7.05 Å². The molecular formula is C19H25N3+2. The Morgan fingerprint density at radius 2 is 1.82 bits per heavy atom. The molecule has 0 N–H and O–H groups in total. The van der Waals surface area contributed by atoms with Crippen molar-refractivity contribution >= 4 is 10.9 Å². The first-order valence-corrected chi connectivity index (χ1v) is 7.74. The highest BCUT2D eigenvalue weighted by molar-refractivity contribution is 5.83. The summed E-state index contributed by atoms with van der Waals surface area (Å²) in [6.07, 6.45) is 6.58. The number of fused-ring (bicyclic) bond motifs is 1. The van der Waals surface area contributed by atoms with E-state index in [1.54, 1.807) is 0 Å². The smallest absolute Gasteiger partial charge is 0.173 e. The summed E-state index contributed by atoms with van der Waals surface area (Å²) >= 11 is 0. The predicted molar refractivity (Wildman–Crippen MR) is 90.4 cm³/mol. The Kier molecular flexibility index (Phi) is 3.75. The molecule has 3 heteroatoms. The van der Waals surface area contributed by atoms with E-state index in [1.165, 1.54) is 22.0 Å². The molecule has 2 aromatic heterocycles. The second kappa shape index (κ2) is 5.58. The van der Waals surface area contributed by atoms with Gasteiger partial charge in [0.15, 0.2) is 12.4 Å². The van der Waals surface area contributed by atoms with Crippen LogP contribution in [0.5, 0.6) is 0 Å². The fourth-order valence-corrected chi connectivity index (χ4v) is 3.03. The lowest BCUT2D eigenvalue weighted by molar-refractivity contribution is -0.883. The maximum absolute atomic E-state index is 2.37. The van der Waals surface area contributed by atoms with Crippen molar-refractivity contribution < 1.29 is 9.05 Å². The lowest BCUT2D eigenvalue weighted by atomic mass is 10.1. The number of aryl methyl sites for hydroxylation is 1. The average molecular weight is 295 g/mol. The summed E-state index contributed by atoms with van der Waals surface area (Å²) in [6.45, 7) is 1.95. The van der Waals surface area contributed by atoms with Gasteiger partial charge in [0.2, 0.25) is 0 Å². The van der Waals surface area contributed by atoms with E-state index in [2.05, 4.69) is 92.3 Å². The Labute approximate surface area is 132 Å². The lowest BCUT2D eigenvalue weighted by Gasteiger charge is -2.23. The third-order valence-corrected chi connectivity index (χ3v) is 3.87. The molecule has 0 aliphatic heterocycles. The van der Waals surface area contributed by atoms with Gasteiger partial charge in [0, 0.05) is 34.3 Å². The fourth-order valence-electron chi connectivity index (χ4n) is 3.03. The highest BCUT2D eigenvalue weighted by Crippen LogP contribution is 2.24. The topological polar surface area (TPSA) is 8.81 Å². The number of rotatable bonds is 4. The number of aromatic nitrogens is 2. The second-order valence-electron chi connectivity index (χ2n) is 7.13. The molecule has 0 aliphatic rings. The molecule has 0 radical (unpaired) electrons. The van der Waals surface area contributed by atoms with Crippen LogP contribution < -0.4 is 4.57 Å². The average Bonchev–Trinajstić information content (AvgIpc) is 2.75. The van der Waals surface area contributed by atoms with Crippen molar-refractivity contribution in [2.75, 3.05) is 21.1 Å². The van der Waals surface area contributed by atoms with Gasteiger partial charge in [-0.25, -0.2) is 4.57 Å². The molecule has 0 atom stereocenters. The van der Waals surface area contributed by atoms with E-state index in [1.807, 2.05) is 0 Å². The summed E-state index contributed by atoms with van der Waals surface area (Å²) in [4.78, 5) is 0. The number of hydrogen-bond acceptors (Lipinski definition) is 0. The van der Waals surface area contributed by atoms with Gasteiger partial charge in [0.25, 0.3) is 0 Å². The van der Waals surface area contributed by atoms with Crippen LogP contribution in [0.15, 0.2) is 55.0 Å². The molecule has 2 heterocycles. The van der Waals surface area contributed by atoms with Crippen molar-refractivity contribution in [2.45, 2.75) is 13.1 Å². The van der Waals surface area contributed by atoms with Crippen molar-refractivity contribution in [1.29, 1.82) is 0 Å². The SMILES string of the molecule is C[n+]1cccc(Cn2cc(C[N+](C)(C)C)c3ccccc32)c1. The van der Waals surface area contributed by atoms with Gasteiger partial charge in [-0.1, -0.05) is 18.2 Å². The number of benzene rings is 1. The summed E-state index contributed by atoms with van der Waals surface area (Å²) in [5.74, 6) is 0. The van der Waals surface area contributed by atoms with Crippen LogP contribution >= 0.6 is 0 Å². The molecule has 3 rings (SSSR count). The first-order valence-electron chi connectivity index (χ1n) is 7.74. The van der Waals surface area contributed by atoms with Gasteiger partial charge in [-0.3, -0.25) is 0 Å². The molecule has 0 saturated heterocycles. The van der Waals surface area contributed by atoms with Crippen LogP contribution in [-0.2, 0) is 20.1 Å². The van der Waals surface area contributed by atoms with Crippen LogP contribution in [0.1, 0.15) is 11.1 Å². The standard InChI is InChI=1S/C19H25N3/c1-20-11-7-8-16(12-20)13-21-14-17(15-22(2,3)4)18-9-5-6-10-19(18)21/h5-12,14H,13,15H2,1-4H3/q+2. The first-order chi connectivity index (χ1) is 10.4. The molecule has 0 fully saturated rings. The van der Waals surface area contributed by atoms with Crippen LogP contribution in [0.2, 0.25) is 0 Å². The Bertz CT molecular complexity index is 794. The van der Waals surface area contributed by atoms with Gasteiger partial charge in [0.1, 0.15) is 13.6 Å². The maximum atomic E-state index is 2.37. The summed E-state index contributed by atoms with van der Waals surface area (Å²) in [5, 5.41) is 1.37. The predicted octanol–water partition coefficient (Wildman–Crippen LogP) is 2.72. The minimum Gasteiger partial charge on any atom is -0.342 e. The molecular weight excluding hydrogens is 270 g/mol. The highest BCUT2D eigenvalue weighted by Gasteiger charge is 2.15. The zero-order valence-corrected chi connectivity index (χ0v) is 14.0. The van der Waals surface area contributed by atoms with E-state index in [-0.39, 0.29) is 0 Å². The van der Waals surface area contributed by atoms with Gasteiger partial charge >= 0.3 is 0 Å². The summed E-state index contributed by atoms with van der Waals surface area (Å²) in [6, 6.07) is 13.0. The molecule has 3 nitrogen and oxygen atoms in total. The zero-order valence-electron chi connectivity index (χ0n) is 14.0. The van der Waals surface area contributed by atoms with Crippen LogP contribution in [0.4, 0.5) is 0 Å². The Hall–Kier alpha value is -2.13. The molecule has 0 bridgehead atoms. The van der Waals surface area contributed by atoms with Crippen LogP contribution in [0.3, 0.4) is 0 Å². The number of pyridine rings is 1. The van der Waals surface area contributed by atoms with E-state index in [9.17, 15) is 0 Å². The minimum absolute atomic E-state index is 0.909. The van der Waals surface area contributed by atoms with E-state index in [0.29, 0.717) is 0 Å². The normalized spacial score (nSPS) is 12.0. The van der Waals surface area contributed by atoms with Crippen LogP contribution in [0.25, 0.3) is 10.9 Å². The van der Waals surface area contributed by atoms with E-state index >= 15 is 0 Å². The van der Waals surface area contributed by atoms with E-state index < -0.39 is 0 Å². The fraction of sp³-hybridized carbons (Fsp3) is 0.316. The van der Waals surface area contributed by atoms with Gasteiger partial charge in [-0.2, -0.15) is 0 Å². The second-order valence-corrected chi connectivity index (χ2v) is 7.13. The minimum atomic E-state index is 0.909. The lowest BCUT2D eigenvalue weighted by Crippen LogP contribution is -2.33. The van der Waals surface area contributed by atoms with Crippen molar-refractivity contribution in [1.82, 2.24) is 4.57 Å². The number of hydrogen-bond donors (Lipinski definition) is 0. The summed E-state index contributed by atoms with van der Waals surface area (Å²) in [7, 11) is 8.79. The molecule has 0 saturated carbocycles. The molecule has 22 heavy (non-hydrogen) atoms. The number of quaternary nitrogens is 1. The number of nitrogens with zero attached hydrogens (tertiary/aromatic N) is 3. The van der Waals surface area contributed by atoms with Crippen molar-refractivity contribution in [3.8, 4) is 0 Å². The van der Waals surface area contributed by atoms with Gasteiger partial charge in [0.05, 0.1) is 27.7 Å². The molecule has 0 unspecified atom stereocenters. The molecule has 0 spiro atoms. The molecule has 3 aromatic rings. The maximum Gasteiger partial charge on any atom is 0.173 e. The third-order valence-electron chi connectivity index (χ3n) is 3.87. The first kappa shape index (κ1) is 14.8. The Balaban J connectivity index is 2.02. The Morgan fingerprint density at radius 1 is 1.05 bits per heavy atom.